The Morgan fingerprint density at radius 1 is 1.60 bits per heavy atom. The van der Waals surface area contributed by atoms with E-state index >= 15 is 0 Å². The van der Waals surface area contributed by atoms with Crippen LogP contribution >= 0.6 is 11.8 Å². The summed E-state index contributed by atoms with van der Waals surface area (Å²) < 4.78 is 6.91. The number of thioether (sulfide) groups is 1. The fraction of sp³-hybridized carbons (Fsp3) is 0.667. The Morgan fingerprint density at radius 2 is 2.35 bits per heavy atom. The maximum atomic E-state index is 11.9. The molecule has 0 radical (unpaired) electrons. The van der Waals surface area contributed by atoms with Crippen LogP contribution in [0.25, 0.3) is 0 Å². The van der Waals surface area contributed by atoms with E-state index in [4.69, 9.17) is 10.5 Å². The first-order valence-electron chi connectivity index (χ1n) is 6.49. The molecule has 4 N–H and O–H groups in total. The standard InChI is InChI=1S/C12H19N3O4S/c1-2-5-20-10-9(17)7(6-16)19-11(10)15-4-3-8(13)14-12(15)18/h3-4,7,9-11,16-17H,2,5-6H2,1H3,(H2,13,14,18)/t7-,9?,10?,11-/m1/s1. The lowest BCUT2D eigenvalue weighted by Crippen LogP contribution is -2.34. The Kier molecular flexibility index (Phi) is 5.03. The molecule has 20 heavy (non-hydrogen) atoms. The van der Waals surface area contributed by atoms with Gasteiger partial charge in [-0.25, -0.2) is 4.79 Å². The minimum atomic E-state index is -0.828. The summed E-state index contributed by atoms with van der Waals surface area (Å²) in [5.74, 6) is 0.970. The summed E-state index contributed by atoms with van der Waals surface area (Å²) in [5, 5.41) is 19.1. The highest BCUT2D eigenvalue weighted by Crippen LogP contribution is 2.37. The number of nitrogens with two attached hydrogens (primary N) is 1. The molecule has 1 aliphatic rings. The number of ether oxygens (including phenoxy) is 1. The molecule has 112 valence electrons. The lowest BCUT2D eigenvalue weighted by molar-refractivity contribution is -0.0456. The van der Waals surface area contributed by atoms with Crippen LogP contribution in [-0.4, -0.2) is 49.6 Å². The highest BCUT2D eigenvalue weighted by molar-refractivity contribution is 8.00. The first-order chi connectivity index (χ1) is 9.58. The van der Waals surface area contributed by atoms with Crippen LogP contribution in [0.3, 0.4) is 0 Å². The highest BCUT2D eigenvalue weighted by atomic mass is 32.2. The Morgan fingerprint density at radius 3 is 2.95 bits per heavy atom. The molecule has 1 aromatic heterocycles. The molecule has 0 bridgehead atoms. The summed E-state index contributed by atoms with van der Waals surface area (Å²) in [4.78, 5) is 15.5. The summed E-state index contributed by atoms with van der Waals surface area (Å²) in [6, 6.07) is 1.50. The number of hydrogen-bond donors (Lipinski definition) is 3. The Balaban J connectivity index is 2.29. The van der Waals surface area contributed by atoms with Gasteiger partial charge in [-0.15, -0.1) is 0 Å². The third-order valence-electron chi connectivity index (χ3n) is 3.13. The van der Waals surface area contributed by atoms with Crippen LogP contribution in [0.5, 0.6) is 0 Å². The minimum absolute atomic E-state index is 0.140. The molecule has 7 nitrogen and oxygen atoms in total. The van der Waals surface area contributed by atoms with Crippen LogP contribution in [0, 0.1) is 0 Å². The second-order valence-electron chi connectivity index (χ2n) is 4.62. The van der Waals surface area contributed by atoms with Crippen LogP contribution in [0.15, 0.2) is 17.1 Å². The first-order valence-corrected chi connectivity index (χ1v) is 7.54. The van der Waals surface area contributed by atoms with Crippen LogP contribution in [0.1, 0.15) is 19.6 Å². The summed E-state index contributed by atoms with van der Waals surface area (Å²) in [5.41, 5.74) is 4.94. The predicted octanol–water partition coefficient (Wildman–Crippen LogP) is -0.412. The summed E-state index contributed by atoms with van der Waals surface area (Å²) >= 11 is 1.52. The molecule has 0 aliphatic carbocycles. The molecule has 0 amide bonds. The molecule has 4 atom stereocenters. The van der Waals surface area contributed by atoms with Crippen LogP contribution in [0.4, 0.5) is 5.82 Å². The molecule has 1 aromatic rings. The van der Waals surface area contributed by atoms with Crippen molar-refractivity contribution in [2.45, 2.75) is 37.0 Å². The maximum Gasteiger partial charge on any atom is 0.351 e. The van der Waals surface area contributed by atoms with E-state index in [-0.39, 0.29) is 17.7 Å². The van der Waals surface area contributed by atoms with Crippen molar-refractivity contribution in [1.82, 2.24) is 9.55 Å². The number of aromatic nitrogens is 2. The van der Waals surface area contributed by atoms with E-state index in [9.17, 15) is 15.0 Å². The van der Waals surface area contributed by atoms with Gasteiger partial charge in [-0.1, -0.05) is 6.92 Å². The third-order valence-corrected chi connectivity index (χ3v) is 4.67. The van der Waals surface area contributed by atoms with E-state index in [0.717, 1.165) is 12.2 Å². The van der Waals surface area contributed by atoms with Gasteiger partial charge in [-0.3, -0.25) is 4.57 Å². The Labute approximate surface area is 120 Å². The SMILES string of the molecule is CCCSC1C(O)[C@@H](CO)O[C@H]1n1ccc(N)nc1=O. The summed E-state index contributed by atoms with van der Waals surface area (Å²) in [6.45, 7) is 1.74. The second kappa shape index (κ2) is 6.57. The molecule has 1 saturated heterocycles. The molecule has 2 unspecified atom stereocenters. The van der Waals surface area contributed by atoms with Crippen molar-refractivity contribution >= 4 is 17.6 Å². The van der Waals surface area contributed by atoms with E-state index in [1.54, 1.807) is 0 Å². The Bertz CT molecular complexity index is 510. The smallest absolute Gasteiger partial charge is 0.351 e. The predicted molar refractivity (Wildman–Crippen MR) is 76.4 cm³/mol. The van der Waals surface area contributed by atoms with Crippen molar-refractivity contribution in [2.75, 3.05) is 18.1 Å². The molecule has 0 aromatic carbocycles. The van der Waals surface area contributed by atoms with Crippen molar-refractivity contribution < 1.29 is 14.9 Å². The minimum Gasteiger partial charge on any atom is -0.394 e. The summed E-state index contributed by atoms with van der Waals surface area (Å²) in [7, 11) is 0. The maximum absolute atomic E-state index is 11.9. The first kappa shape index (κ1) is 15.3. The van der Waals surface area contributed by atoms with Crippen LogP contribution in [-0.2, 0) is 4.74 Å². The molecular weight excluding hydrogens is 282 g/mol. The zero-order valence-electron chi connectivity index (χ0n) is 11.2. The fourth-order valence-corrected chi connectivity index (χ4v) is 3.39. The average Bonchev–Trinajstić information content (AvgIpc) is 2.73. The van der Waals surface area contributed by atoms with Crippen molar-refractivity contribution in [2.24, 2.45) is 0 Å². The molecule has 0 spiro atoms. The quantitative estimate of drug-likeness (QED) is 0.678. The van der Waals surface area contributed by atoms with Crippen molar-refractivity contribution in [3.63, 3.8) is 0 Å². The van der Waals surface area contributed by atoms with Gasteiger partial charge in [0.2, 0.25) is 0 Å². The van der Waals surface area contributed by atoms with Gasteiger partial charge in [0.05, 0.1) is 18.0 Å². The van der Waals surface area contributed by atoms with Crippen molar-refractivity contribution in [3.8, 4) is 0 Å². The third kappa shape index (κ3) is 2.98. The number of aliphatic hydroxyl groups excluding tert-OH is 2. The lowest BCUT2D eigenvalue weighted by atomic mass is 10.2. The largest absolute Gasteiger partial charge is 0.394 e. The molecular formula is C12H19N3O4S. The van der Waals surface area contributed by atoms with E-state index in [1.807, 2.05) is 6.92 Å². The van der Waals surface area contributed by atoms with Gasteiger partial charge in [-0.05, 0) is 18.2 Å². The average molecular weight is 301 g/mol. The van der Waals surface area contributed by atoms with Gasteiger partial charge < -0.3 is 20.7 Å². The van der Waals surface area contributed by atoms with E-state index in [1.165, 1.54) is 28.6 Å². The Hall–Kier alpha value is -1.09. The molecule has 0 saturated carbocycles. The van der Waals surface area contributed by atoms with Gasteiger partial charge in [0, 0.05) is 6.20 Å². The zero-order valence-corrected chi connectivity index (χ0v) is 12.0. The molecule has 2 rings (SSSR count). The zero-order chi connectivity index (χ0) is 14.7. The van der Waals surface area contributed by atoms with Gasteiger partial charge in [-0.2, -0.15) is 16.7 Å². The number of nitrogen functional groups attached to an aromatic ring is 1. The second-order valence-corrected chi connectivity index (χ2v) is 5.90. The van der Waals surface area contributed by atoms with E-state index in [0.29, 0.717) is 0 Å². The van der Waals surface area contributed by atoms with Gasteiger partial charge in [0.15, 0.2) is 6.23 Å². The van der Waals surface area contributed by atoms with Crippen LogP contribution < -0.4 is 11.4 Å². The molecule has 2 heterocycles. The van der Waals surface area contributed by atoms with Gasteiger partial charge >= 0.3 is 5.69 Å². The summed E-state index contributed by atoms with van der Waals surface area (Å²) in [6.07, 6.45) is 0.268. The number of nitrogens with zero attached hydrogens (tertiary/aromatic N) is 2. The number of anilines is 1. The number of hydrogen-bond acceptors (Lipinski definition) is 7. The van der Waals surface area contributed by atoms with Crippen molar-refractivity contribution in [1.29, 1.82) is 0 Å². The van der Waals surface area contributed by atoms with Gasteiger partial charge in [0.25, 0.3) is 0 Å². The van der Waals surface area contributed by atoms with Crippen LogP contribution in [0.2, 0.25) is 0 Å². The number of aliphatic hydroxyl groups is 2. The number of rotatable bonds is 5. The monoisotopic (exact) mass is 301 g/mol. The van der Waals surface area contributed by atoms with E-state index < -0.39 is 24.1 Å². The molecule has 1 aliphatic heterocycles. The lowest BCUT2D eigenvalue weighted by Gasteiger charge is -2.21. The molecule has 1 fully saturated rings. The topological polar surface area (TPSA) is 111 Å². The van der Waals surface area contributed by atoms with Crippen molar-refractivity contribution in [3.05, 3.63) is 22.7 Å². The highest BCUT2D eigenvalue weighted by Gasteiger charge is 2.44. The fourth-order valence-electron chi connectivity index (χ4n) is 2.15. The van der Waals surface area contributed by atoms with Gasteiger partial charge in [0.1, 0.15) is 11.9 Å². The van der Waals surface area contributed by atoms with E-state index in [2.05, 4.69) is 4.98 Å². The molecule has 8 heteroatoms. The normalized spacial score (nSPS) is 29.8.